The minimum Gasteiger partial charge on any atom is -0.396 e. The van der Waals surface area contributed by atoms with Gasteiger partial charge < -0.3 is 14.7 Å². The molecule has 0 unspecified atom stereocenters. The van der Waals surface area contributed by atoms with Gasteiger partial charge in [-0.05, 0) is 63.3 Å². The third kappa shape index (κ3) is 7.53. The molecule has 0 bridgehead atoms. The Morgan fingerprint density at radius 1 is 1.04 bits per heavy atom. The van der Waals surface area contributed by atoms with E-state index in [-0.39, 0.29) is 5.92 Å². The number of unbranched alkanes of at least 4 members (excludes halogenated alkanes) is 2. The predicted molar refractivity (Wildman–Crippen MR) is 105 cm³/mol. The summed E-state index contributed by atoms with van der Waals surface area (Å²) in [6.45, 7) is 11.3. The molecule has 0 aromatic carbocycles. The maximum absolute atomic E-state index is 12.8. The molecule has 0 aromatic heterocycles. The zero-order chi connectivity index (χ0) is 18.8. The van der Waals surface area contributed by atoms with Gasteiger partial charge in [0.25, 0.3) is 0 Å². The number of carbonyl (C=O) groups excluding carboxylic acids is 1. The number of hydrogen-bond acceptors (Lipinski definition) is 4. The highest BCUT2D eigenvalue weighted by molar-refractivity contribution is 5.79. The van der Waals surface area contributed by atoms with Gasteiger partial charge in [0.15, 0.2) is 0 Å². The summed E-state index contributed by atoms with van der Waals surface area (Å²) in [6, 6.07) is 0. The second-order valence-corrected chi connectivity index (χ2v) is 8.60. The van der Waals surface area contributed by atoms with Crippen LogP contribution < -0.4 is 0 Å². The predicted octanol–water partition coefficient (Wildman–Crippen LogP) is 2.77. The third-order valence-corrected chi connectivity index (χ3v) is 5.82. The lowest BCUT2D eigenvalue weighted by atomic mass is 9.81. The normalized spacial score (nSPS) is 25.0. The van der Waals surface area contributed by atoms with Gasteiger partial charge in [-0.3, -0.25) is 9.69 Å². The molecule has 1 saturated carbocycles. The van der Waals surface area contributed by atoms with E-state index in [2.05, 4.69) is 23.6 Å². The zero-order valence-electron chi connectivity index (χ0n) is 17.0. The Bertz CT molecular complexity index is 387. The number of hydrogen-bond donors (Lipinski definition) is 1. The molecule has 1 N–H and O–H groups in total. The van der Waals surface area contributed by atoms with Crippen molar-refractivity contribution in [1.82, 2.24) is 9.80 Å². The molecular weight excluding hydrogens is 328 g/mol. The van der Waals surface area contributed by atoms with Crippen molar-refractivity contribution in [2.24, 2.45) is 17.8 Å². The van der Waals surface area contributed by atoms with Crippen LogP contribution in [0.25, 0.3) is 0 Å². The fourth-order valence-corrected chi connectivity index (χ4v) is 4.12. The summed E-state index contributed by atoms with van der Waals surface area (Å²) in [5.41, 5.74) is 0. The van der Waals surface area contributed by atoms with Crippen LogP contribution in [0.4, 0.5) is 0 Å². The van der Waals surface area contributed by atoms with E-state index in [1.165, 1.54) is 0 Å². The maximum atomic E-state index is 12.8. The van der Waals surface area contributed by atoms with E-state index in [9.17, 15) is 4.79 Å². The Morgan fingerprint density at radius 2 is 1.73 bits per heavy atom. The standard InChI is InChI=1S/C21H40N2O3/c1-18(2)16-26-17-19-6-8-20(9-7-19)21(25)23-13-11-22(12-14-23)10-4-3-5-15-24/h18-20,24H,3-17H2,1-2H3. The lowest BCUT2D eigenvalue weighted by Gasteiger charge is -2.38. The summed E-state index contributed by atoms with van der Waals surface area (Å²) in [6.07, 6.45) is 7.51. The first-order chi connectivity index (χ1) is 12.6. The largest absolute Gasteiger partial charge is 0.396 e. The minimum atomic E-state index is 0.243. The van der Waals surface area contributed by atoms with Crippen LogP contribution >= 0.6 is 0 Å². The van der Waals surface area contributed by atoms with Crippen molar-refractivity contribution in [3.63, 3.8) is 0 Å². The lowest BCUT2D eigenvalue weighted by Crippen LogP contribution is -2.50. The van der Waals surface area contributed by atoms with E-state index >= 15 is 0 Å². The number of aliphatic hydroxyl groups is 1. The molecule has 1 aliphatic carbocycles. The number of aliphatic hydroxyl groups excluding tert-OH is 1. The number of rotatable bonds is 10. The fraction of sp³-hybridized carbons (Fsp3) is 0.952. The minimum absolute atomic E-state index is 0.243. The molecule has 5 heteroatoms. The number of carbonyl (C=O) groups is 1. The molecule has 152 valence electrons. The van der Waals surface area contributed by atoms with E-state index in [0.29, 0.717) is 24.3 Å². The van der Waals surface area contributed by atoms with E-state index in [0.717, 1.165) is 90.9 Å². The molecule has 5 nitrogen and oxygen atoms in total. The summed E-state index contributed by atoms with van der Waals surface area (Å²) in [5.74, 6) is 1.88. The van der Waals surface area contributed by atoms with Gasteiger partial charge in [-0.2, -0.15) is 0 Å². The first-order valence-corrected chi connectivity index (χ1v) is 10.8. The van der Waals surface area contributed by atoms with E-state index in [4.69, 9.17) is 9.84 Å². The van der Waals surface area contributed by atoms with Crippen molar-refractivity contribution < 1.29 is 14.6 Å². The monoisotopic (exact) mass is 368 g/mol. The Balaban J connectivity index is 1.60. The SMILES string of the molecule is CC(C)COCC1CCC(C(=O)N2CCN(CCCCCO)CC2)CC1. The number of nitrogens with zero attached hydrogens (tertiary/aromatic N) is 2. The molecule has 0 spiro atoms. The van der Waals surface area contributed by atoms with Crippen LogP contribution in [0.2, 0.25) is 0 Å². The lowest BCUT2D eigenvalue weighted by molar-refractivity contribution is -0.138. The van der Waals surface area contributed by atoms with Crippen LogP contribution in [0.3, 0.4) is 0 Å². The molecule has 0 radical (unpaired) electrons. The van der Waals surface area contributed by atoms with Crippen molar-refractivity contribution >= 4 is 5.91 Å². The van der Waals surface area contributed by atoms with Crippen molar-refractivity contribution in [3.8, 4) is 0 Å². The number of amides is 1. The van der Waals surface area contributed by atoms with Crippen LogP contribution in [0, 0.1) is 17.8 Å². The van der Waals surface area contributed by atoms with Crippen LogP contribution in [0.1, 0.15) is 58.8 Å². The van der Waals surface area contributed by atoms with Crippen LogP contribution in [-0.4, -0.2) is 73.4 Å². The van der Waals surface area contributed by atoms with Crippen LogP contribution in [0.5, 0.6) is 0 Å². The summed E-state index contributed by atoms with van der Waals surface area (Å²) in [4.78, 5) is 17.4. The molecule has 2 rings (SSSR count). The molecule has 0 aromatic rings. The highest BCUT2D eigenvalue weighted by Gasteiger charge is 2.31. The molecule has 1 amide bonds. The fourth-order valence-electron chi connectivity index (χ4n) is 4.12. The van der Waals surface area contributed by atoms with Crippen LogP contribution in [-0.2, 0) is 9.53 Å². The van der Waals surface area contributed by atoms with E-state index in [1.807, 2.05) is 0 Å². The zero-order valence-corrected chi connectivity index (χ0v) is 17.0. The van der Waals surface area contributed by atoms with Gasteiger partial charge >= 0.3 is 0 Å². The summed E-state index contributed by atoms with van der Waals surface area (Å²) < 4.78 is 5.79. The van der Waals surface area contributed by atoms with Gasteiger partial charge in [0.05, 0.1) is 0 Å². The van der Waals surface area contributed by atoms with Gasteiger partial charge in [0, 0.05) is 51.9 Å². The summed E-state index contributed by atoms with van der Waals surface area (Å²) >= 11 is 0. The Labute approximate surface area is 160 Å². The number of ether oxygens (including phenoxy) is 1. The van der Waals surface area contributed by atoms with Crippen molar-refractivity contribution in [2.75, 3.05) is 52.5 Å². The van der Waals surface area contributed by atoms with Crippen molar-refractivity contribution in [3.05, 3.63) is 0 Å². The van der Waals surface area contributed by atoms with Crippen molar-refractivity contribution in [2.45, 2.75) is 58.8 Å². The van der Waals surface area contributed by atoms with Gasteiger partial charge in [-0.1, -0.05) is 13.8 Å². The summed E-state index contributed by atoms with van der Waals surface area (Å²) in [7, 11) is 0. The van der Waals surface area contributed by atoms with Gasteiger partial charge in [0.2, 0.25) is 5.91 Å². The smallest absolute Gasteiger partial charge is 0.225 e. The van der Waals surface area contributed by atoms with E-state index < -0.39 is 0 Å². The van der Waals surface area contributed by atoms with Gasteiger partial charge in [0.1, 0.15) is 0 Å². The first kappa shape index (κ1) is 21.6. The highest BCUT2D eigenvalue weighted by atomic mass is 16.5. The molecule has 2 aliphatic rings. The van der Waals surface area contributed by atoms with Crippen molar-refractivity contribution in [1.29, 1.82) is 0 Å². The maximum Gasteiger partial charge on any atom is 0.225 e. The van der Waals surface area contributed by atoms with Crippen LogP contribution in [0.15, 0.2) is 0 Å². The molecule has 1 aliphatic heterocycles. The first-order valence-electron chi connectivity index (χ1n) is 10.8. The van der Waals surface area contributed by atoms with E-state index in [1.54, 1.807) is 0 Å². The van der Waals surface area contributed by atoms with Gasteiger partial charge in [-0.25, -0.2) is 0 Å². The average molecular weight is 369 g/mol. The highest BCUT2D eigenvalue weighted by Crippen LogP contribution is 2.30. The molecule has 2 fully saturated rings. The molecule has 1 heterocycles. The Morgan fingerprint density at radius 3 is 2.35 bits per heavy atom. The average Bonchev–Trinajstić information content (AvgIpc) is 2.65. The second kappa shape index (κ2) is 11.9. The number of piperazine rings is 1. The van der Waals surface area contributed by atoms with Gasteiger partial charge in [-0.15, -0.1) is 0 Å². The molecule has 1 saturated heterocycles. The molecule has 0 atom stereocenters. The Hall–Kier alpha value is -0.650. The third-order valence-electron chi connectivity index (χ3n) is 5.82. The quantitative estimate of drug-likeness (QED) is 0.603. The molecular formula is C21H40N2O3. The summed E-state index contributed by atoms with van der Waals surface area (Å²) in [5, 5.41) is 8.84. The Kier molecular flexibility index (Phi) is 9.94. The molecule has 26 heavy (non-hydrogen) atoms. The second-order valence-electron chi connectivity index (χ2n) is 8.60. The topological polar surface area (TPSA) is 53.0 Å².